The molecule has 0 fully saturated rings. The molecular weight excluding hydrogens is 529 g/mol. The van der Waals surface area contributed by atoms with Gasteiger partial charge in [0.1, 0.15) is 0 Å². The second-order valence-electron chi connectivity index (χ2n) is 7.40. The van der Waals surface area contributed by atoms with Gasteiger partial charge in [0, 0.05) is 25.4 Å². The van der Waals surface area contributed by atoms with Gasteiger partial charge in [-0.05, 0) is 44.0 Å². The fraction of sp³-hybridized carbons (Fsp3) is 0.360. The van der Waals surface area contributed by atoms with Gasteiger partial charge in [0.2, 0.25) is 0 Å². The largest absolute Gasteiger partial charge is 0.490 e. The molecule has 2 N–H and O–H groups in total. The summed E-state index contributed by atoms with van der Waals surface area (Å²) in [5.74, 6) is 2.25. The first-order valence-corrected chi connectivity index (χ1v) is 11.0. The molecule has 8 heteroatoms. The number of aromatic nitrogens is 2. The molecule has 0 saturated heterocycles. The number of hydrogen-bond acceptors (Lipinski definition) is 4. The van der Waals surface area contributed by atoms with Crippen molar-refractivity contribution in [1.82, 2.24) is 20.4 Å². The molecule has 0 saturated carbocycles. The van der Waals surface area contributed by atoms with E-state index in [1.807, 2.05) is 61.1 Å². The zero-order chi connectivity index (χ0) is 22.8. The molecule has 0 aliphatic heterocycles. The molecule has 0 aliphatic carbocycles. The Morgan fingerprint density at radius 1 is 1.03 bits per heavy atom. The summed E-state index contributed by atoms with van der Waals surface area (Å²) in [5, 5.41) is 11.3. The van der Waals surface area contributed by atoms with Gasteiger partial charge in [-0.3, -0.25) is 9.67 Å². The normalized spacial score (nSPS) is 11.9. The molecule has 2 aromatic carbocycles. The van der Waals surface area contributed by atoms with E-state index in [0.29, 0.717) is 19.8 Å². The molecule has 178 valence electrons. The molecule has 3 rings (SSSR count). The van der Waals surface area contributed by atoms with Crippen molar-refractivity contribution in [1.29, 1.82) is 0 Å². The van der Waals surface area contributed by atoms with Crippen molar-refractivity contribution in [2.45, 2.75) is 39.9 Å². The van der Waals surface area contributed by atoms with Crippen LogP contribution in [0.3, 0.4) is 0 Å². The van der Waals surface area contributed by atoms with E-state index in [1.54, 1.807) is 7.05 Å². The van der Waals surface area contributed by atoms with Gasteiger partial charge >= 0.3 is 0 Å². The first-order chi connectivity index (χ1) is 15.6. The van der Waals surface area contributed by atoms with Crippen molar-refractivity contribution in [2.24, 2.45) is 4.99 Å². The number of rotatable bonds is 10. The smallest absolute Gasteiger partial charge is 0.191 e. The summed E-state index contributed by atoms with van der Waals surface area (Å²) < 4.78 is 13.4. The molecule has 1 atom stereocenters. The van der Waals surface area contributed by atoms with Crippen molar-refractivity contribution in [2.75, 3.05) is 20.3 Å². The van der Waals surface area contributed by atoms with Gasteiger partial charge in [0.15, 0.2) is 17.5 Å². The van der Waals surface area contributed by atoms with E-state index >= 15 is 0 Å². The minimum absolute atomic E-state index is 0. The topological polar surface area (TPSA) is 72.7 Å². The van der Waals surface area contributed by atoms with Crippen molar-refractivity contribution < 1.29 is 9.47 Å². The van der Waals surface area contributed by atoms with Gasteiger partial charge in [0.25, 0.3) is 0 Å². The zero-order valence-electron chi connectivity index (χ0n) is 19.7. The quantitative estimate of drug-likeness (QED) is 0.211. The summed E-state index contributed by atoms with van der Waals surface area (Å²) in [4.78, 5) is 4.36. The fourth-order valence-electron chi connectivity index (χ4n) is 3.36. The Morgan fingerprint density at radius 3 is 2.45 bits per heavy atom. The summed E-state index contributed by atoms with van der Waals surface area (Å²) in [6.45, 7) is 8.61. The maximum absolute atomic E-state index is 5.75. The number of nitrogens with one attached hydrogen (secondary N) is 2. The van der Waals surface area contributed by atoms with Crippen LogP contribution in [0.2, 0.25) is 0 Å². The van der Waals surface area contributed by atoms with Crippen molar-refractivity contribution in [3.63, 3.8) is 0 Å². The third kappa shape index (κ3) is 7.96. The lowest BCUT2D eigenvalue weighted by Gasteiger charge is -2.20. The minimum Gasteiger partial charge on any atom is -0.490 e. The second-order valence-corrected chi connectivity index (χ2v) is 7.40. The van der Waals surface area contributed by atoms with Crippen LogP contribution in [0, 0.1) is 0 Å². The van der Waals surface area contributed by atoms with E-state index in [9.17, 15) is 0 Å². The van der Waals surface area contributed by atoms with Crippen LogP contribution in [-0.4, -0.2) is 36.0 Å². The van der Waals surface area contributed by atoms with Gasteiger partial charge in [-0.1, -0.05) is 36.4 Å². The number of benzene rings is 2. The minimum atomic E-state index is 0. The Hall–Kier alpha value is -2.75. The van der Waals surface area contributed by atoms with Crippen LogP contribution >= 0.6 is 24.0 Å². The highest BCUT2D eigenvalue weighted by molar-refractivity contribution is 14.0. The van der Waals surface area contributed by atoms with Crippen LogP contribution in [0.15, 0.2) is 65.9 Å². The Bertz CT molecular complexity index is 1010. The SMILES string of the molecule is CCOc1ccc(C(C)NC(=NC)NCc2cnn(Cc3ccccc3)c2)cc1OCC.I. The highest BCUT2D eigenvalue weighted by atomic mass is 127. The summed E-state index contributed by atoms with van der Waals surface area (Å²) >= 11 is 0. The molecule has 1 unspecified atom stereocenters. The number of nitrogens with zero attached hydrogens (tertiary/aromatic N) is 3. The molecule has 0 aliphatic rings. The molecule has 0 spiro atoms. The molecule has 0 bridgehead atoms. The van der Waals surface area contributed by atoms with E-state index in [-0.39, 0.29) is 30.0 Å². The molecule has 0 amide bonds. The first-order valence-electron chi connectivity index (χ1n) is 11.0. The van der Waals surface area contributed by atoms with Crippen LogP contribution in [0.5, 0.6) is 11.5 Å². The van der Waals surface area contributed by atoms with E-state index < -0.39 is 0 Å². The lowest BCUT2D eigenvalue weighted by Crippen LogP contribution is -2.38. The van der Waals surface area contributed by atoms with E-state index in [4.69, 9.17) is 9.47 Å². The molecule has 7 nitrogen and oxygen atoms in total. The van der Waals surface area contributed by atoms with Crippen molar-refractivity contribution >= 4 is 29.9 Å². The highest BCUT2D eigenvalue weighted by Crippen LogP contribution is 2.30. The van der Waals surface area contributed by atoms with Gasteiger partial charge in [-0.2, -0.15) is 5.10 Å². The molecule has 1 heterocycles. The molecule has 1 aromatic heterocycles. The Morgan fingerprint density at radius 2 is 1.76 bits per heavy atom. The molecule has 0 radical (unpaired) electrons. The van der Waals surface area contributed by atoms with Crippen LogP contribution in [0.1, 0.15) is 43.5 Å². The van der Waals surface area contributed by atoms with Crippen molar-refractivity contribution in [3.8, 4) is 11.5 Å². The van der Waals surface area contributed by atoms with Crippen molar-refractivity contribution in [3.05, 3.63) is 77.6 Å². The maximum Gasteiger partial charge on any atom is 0.191 e. The maximum atomic E-state index is 5.75. The number of hydrogen-bond donors (Lipinski definition) is 2. The summed E-state index contributed by atoms with van der Waals surface area (Å²) in [6.07, 6.45) is 3.94. The monoisotopic (exact) mass is 563 g/mol. The molecular formula is C25H34IN5O2. The van der Waals surface area contributed by atoms with Crippen LogP contribution in [0.25, 0.3) is 0 Å². The Labute approximate surface area is 213 Å². The van der Waals surface area contributed by atoms with Gasteiger partial charge in [-0.25, -0.2) is 0 Å². The van der Waals surface area contributed by atoms with Crippen LogP contribution < -0.4 is 20.1 Å². The second kappa shape index (κ2) is 13.7. The predicted octanol–water partition coefficient (Wildman–Crippen LogP) is 4.77. The third-order valence-electron chi connectivity index (χ3n) is 4.98. The number of ether oxygens (including phenoxy) is 2. The average Bonchev–Trinajstić information content (AvgIpc) is 3.25. The summed E-state index contributed by atoms with van der Waals surface area (Å²) in [7, 11) is 1.77. The number of aliphatic imine (C=N–C) groups is 1. The lowest BCUT2D eigenvalue weighted by atomic mass is 10.1. The summed E-state index contributed by atoms with van der Waals surface area (Å²) in [5.41, 5.74) is 3.41. The molecule has 3 aromatic rings. The highest BCUT2D eigenvalue weighted by Gasteiger charge is 2.12. The standard InChI is InChI=1S/C25H33N5O2.HI/c1-5-31-23-13-12-22(14-24(23)32-6-2)19(3)29-25(26-4)27-15-21-16-28-30(18-21)17-20-10-8-7-9-11-20;/h7-14,16,18-19H,5-6,15,17H2,1-4H3,(H2,26,27,29);1H. The van der Waals surface area contributed by atoms with Crippen LogP contribution in [0.4, 0.5) is 0 Å². The zero-order valence-corrected chi connectivity index (χ0v) is 22.1. The van der Waals surface area contributed by atoms with Gasteiger partial charge in [-0.15, -0.1) is 24.0 Å². The van der Waals surface area contributed by atoms with E-state index in [0.717, 1.165) is 35.1 Å². The first kappa shape index (κ1) is 26.5. The number of guanidine groups is 1. The van der Waals surface area contributed by atoms with E-state index in [1.165, 1.54) is 5.56 Å². The van der Waals surface area contributed by atoms with E-state index in [2.05, 4.69) is 46.0 Å². The number of halogens is 1. The summed E-state index contributed by atoms with van der Waals surface area (Å²) in [6, 6.07) is 16.4. The van der Waals surface area contributed by atoms with Gasteiger partial charge in [0.05, 0.1) is 32.0 Å². The predicted molar refractivity (Wildman–Crippen MR) is 144 cm³/mol. The Balaban J connectivity index is 0.00000385. The van der Waals surface area contributed by atoms with Gasteiger partial charge < -0.3 is 20.1 Å². The van der Waals surface area contributed by atoms with Crippen LogP contribution in [-0.2, 0) is 13.1 Å². The Kier molecular flexibility index (Phi) is 11.0. The molecule has 33 heavy (non-hydrogen) atoms. The lowest BCUT2D eigenvalue weighted by molar-refractivity contribution is 0.287. The fourth-order valence-corrected chi connectivity index (χ4v) is 3.36. The average molecular weight is 563 g/mol. The third-order valence-corrected chi connectivity index (χ3v) is 4.98.